The van der Waals surface area contributed by atoms with Crippen LogP contribution in [-0.2, 0) is 11.8 Å². The van der Waals surface area contributed by atoms with Gasteiger partial charge >= 0.3 is 0 Å². The first-order chi connectivity index (χ1) is 10.3. The lowest BCUT2D eigenvalue weighted by Crippen LogP contribution is -2.47. The molecule has 1 heterocycles. The Bertz CT molecular complexity index is 664. The molecule has 0 aliphatic heterocycles. The maximum atomic E-state index is 12.5. The van der Waals surface area contributed by atoms with E-state index in [-0.39, 0.29) is 11.9 Å². The van der Waals surface area contributed by atoms with Gasteiger partial charge in [-0.2, -0.15) is 5.10 Å². The first kappa shape index (κ1) is 16.0. The van der Waals surface area contributed by atoms with E-state index >= 15 is 0 Å². The van der Waals surface area contributed by atoms with Crippen LogP contribution in [0.2, 0.25) is 0 Å². The van der Waals surface area contributed by atoms with Crippen LogP contribution in [0.1, 0.15) is 38.2 Å². The quantitative estimate of drug-likeness (QED) is 0.919. The fraction of sp³-hybridized carbons (Fsp3) is 0.438. The van der Waals surface area contributed by atoms with Gasteiger partial charge in [0.25, 0.3) is 5.91 Å². The molecule has 0 spiro atoms. The molecule has 1 amide bonds. The number of hydrogen-bond donors (Lipinski definition) is 1. The largest absolute Gasteiger partial charge is 0.478 e. The number of carbonyl (C=O) groups is 1. The zero-order valence-corrected chi connectivity index (χ0v) is 13.6. The van der Waals surface area contributed by atoms with E-state index < -0.39 is 5.60 Å². The number of benzene rings is 1. The molecule has 0 bridgehead atoms. The molecule has 1 N–H and O–H groups in total. The third kappa shape index (κ3) is 3.63. The average molecular weight is 302 g/mol. The number of amides is 1. The second-order valence-electron chi connectivity index (χ2n) is 5.87. The highest BCUT2D eigenvalue weighted by molar-refractivity contribution is 5.85. The Kier molecular flexibility index (Phi) is 4.49. The highest BCUT2D eigenvalue weighted by atomic mass is 16.5. The minimum absolute atomic E-state index is 0.204. The van der Waals surface area contributed by atoms with Crippen LogP contribution in [0.15, 0.2) is 30.6 Å². The van der Waals surface area contributed by atoms with E-state index in [2.05, 4.69) is 15.4 Å². The lowest BCUT2D eigenvalue weighted by molar-refractivity contribution is -0.135. The van der Waals surface area contributed by atoms with Crippen LogP contribution < -0.4 is 10.1 Å². The molecular weight excluding hydrogens is 280 g/mol. The van der Waals surface area contributed by atoms with Crippen molar-refractivity contribution >= 4 is 5.91 Å². The van der Waals surface area contributed by atoms with Gasteiger partial charge in [0.1, 0.15) is 17.9 Å². The number of hydrogen-bond acceptors (Lipinski definition) is 4. The summed E-state index contributed by atoms with van der Waals surface area (Å²) in [4.78, 5) is 16.6. The van der Waals surface area contributed by atoms with Gasteiger partial charge in [0.05, 0.1) is 6.04 Å². The monoisotopic (exact) mass is 302 g/mol. The van der Waals surface area contributed by atoms with Gasteiger partial charge in [-0.25, -0.2) is 4.98 Å². The molecule has 1 aromatic heterocycles. The Hall–Kier alpha value is -2.37. The summed E-state index contributed by atoms with van der Waals surface area (Å²) in [6.07, 6.45) is 1.46. The molecule has 2 aromatic rings. The zero-order chi connectivity index (χ0) is 16.3. The molecule has 0 saturated carbocycles. The van der Waals surface area contributed by atoms with Crippen molar-refractivity contribution in [2.24, 2.45) is 7.05 Å². The third-order valence-corrected chi connectivity index (χ3v) is 3.39. The summed E-state index contributed by atoms with van der Waals surface area (Å²) in [5.74, 6) is 1.16. The normalized spacial score (nSPS) is 12.8. The Labute approximate surface area is 130 Å². The standard InChI is InChI=1S/C16H22N4O2/c1-11-7-6-8-13(9-11)22-16(3,4)15(21)19-12(2)14-17-10-18-20(14)5/h6-10,12H,1-5H3,(H,19,21)/t12-/m0/s1. The predicted octanol–water partition coefficient (Wildman–Crippen LogP) is 2.16. The van der Waals surface area contributed by atoms with Gasteiger partial charge in [-0.1, -0.05) is 12.1 Å². The van der Waals surface area contributed by atoms with Crippen LogP contribution >= 0.6 is 0 Å². The van der Waals surface area contributed by atoms with Crippen LogP contribution in [0.25, 0.3) is 0 Å². The third-order valence-electron chi connectivity index (χ3n) is 3.39. The van der Waals surface area contributed by atoms with Crippen molar-refractivity contribution in [2.45, 2.75) is 39.3 Å². The van der Waals surface area contributed by atoms with Crippen molar-refractivity contribution in [3.8, 4) is 5.75 Å². The van der Waals surface area contributed by atoms with Crippen molar-refractivity contribution in [1.82, 2.24) is 20.1 Å². The van der Waals surface area contributed by atoms with Gasteiger partial charge < -0.3 is 10.1 Å². The van der Waals surface area contributed by atoms with E-state index in [9.17, 15) is 4.79 Å². The Morgan fingerprint density at radius 1 is 1.41 bits per heavy atom. The van der Waals surface area contributed by atoms with E-state index in [0.29, 0.717) is 11.6 Å². The van der Waals surface area contributed by atoms with Crippen LogP contribution in [0.5, 0.6) is 5.75 Å². The summed E-state index contributed by atoms with van der Waals surface area (Å²) in [7, 11) is 1.79. The molecular formula is C16H22N4O2. The maximum Gasteiger partial charge on any atom is 0.264 e. The van der Waals surface area contributed by atoms with Gasteiger partial charge in [0.15, 0.2) is 5.60 Å². The average Bonchev–Trinajstić information content (AvgIpc) is 2.84. The minimum Gasteiger partial charge on any atom is -0.478 e. The van der Waals surface area contributed by atoms with Crippen molar-refractivity contribution in [1.29, 1.82) is 0 Å². The molecule has 0 aliphatic carbocycles. The molecule has 6 heteroatoms. The molecule has 0 fully saturated rings. The summed E-state index contributed by atoms with van der Waals surface area (Å²) in [6.45, 7) is 7.34. The van der Waals surface area contributed by atoms with Crippen LogP contribution in [0.4, 0.5) is 0 Å². The van der Waals surface area contributed by atoms with E-state index in [1.54, 1.807) is 25.6 Å². The summed E-state index contributed by atoms with van der Waals surface area (Å²) in [6, 6.07) is 7.38. The second-order valence-corrected chi connectivity index (χ2v) is 5.87. The molecule has 0 radical (unpaired) electrons. The lowest BCUT2D eigenvalue weighted by atomic mass is 10.1. The van der Waals surface area contributed by atoms with Gasteiger partial charge in [-0.05, 0) is 45.4 Å². The van der Waals surface area contributed by atoms with Crippen molar-refractivity contribution < 1.29 is 9.53 Å². The van der Waals surface area contributed by atoms with Crippen LogP contribution in [0, 0.1) is 6.92 Å². The Morgan fingerprint density at radius 3 is 2.73 bits per heavy atom. The summed E-state index contributed by atoms with van der Waals surface area (Å²) in [5, 5.41) is 6.92. The zero-order valence-electron chi connectivity index (χ0n) is 13.6. The van der Waals surface area contributed by atoms with Gasteiger partial charge in [-0.3, -0.25) is 9.48 Å². The Balaban J connectivity index is 2.05. The number of aryl methyl sites for hydroxylation is 2. The fourth-order valence-corrected chi connectivity index (χ4v) is 2.15. The highest BCUT2D eigenvalue weighted by Crippen LogP contribution is 2.20. The first-order valence-corrected chi connectivity index (χ1v) is 7.20. The van der Waals surface area contributed by atoms with E-state index in [1.165, 1.54) is 6.33 Å². The molecule has 2 rings (SSSR count). The number of aromatic nitrogens is 3. The van der Waals surface area contributed by atoms with Gasteiger partial charge in [-0.15, -0.1) is 0 Å². The number of nitrogens with one attached hydrogen (secondary N) is 1. The maximum absolute atomic E-state index is 12.5. The highest BCUT2D eigenvalue weighted by Gasteiger charge is 2.31. The smallest absolute Gasteiger partial charge is 0.264 e. The van der Waals surface area contributed by atoms with E-state index in [1.807, 2.05) is 38.1 Å². The van der Waals surface area contributed by atoms with Gasteiger partial charge in [0.2, 0.25) is 0 Å². The predicted molar refractivity (Wildman–Crippen MR) is 83.4 cm³/mol. The van der Waals surface area contributed by atoms with E-state index in [0.717, 1.165) is 5.56 Å². The summed E-state index contributed by atoms with van der Waals surface area (Å²) < 4.78 is 7.48. The molecule has 1 aromatic carbocycles. The Morgan fingerprint density at radius 2 is 2.14 bits per heavy atom. The minimum atomic E-state index is -0.985. The van der Waals surface area contributed by atoms with Gasteiger partial charge in [0, 0.05) is 7.05 Å². The number of ether oxygens (including phenoxy) is 1. The topological polar surface area (TPSA) is 69.0 Å². The number of nitrogens with zero attached hydrogens (tertiary/aromatic N) is 3. The van der Waals surface area contributed by atoms with Crippen LogP contribution in [-0.4, -0.2) is 26.3 Å². The van der Waals surface area contributed by atoms with Crippen molar-refractivity contribution in [3.63, 3.8) is 0 Å². The van der Waals surface area contributed by atoms with E-state index in [4.69, 9.17) is 4.74 Å². The van der Waals surface area contributed by atoms with Crippen LogP contribution in [0.3, 0.4) is 0 Å². The first-order valence-electron chi connectivity index (χ1n) is 7.20. The van der Waals surface area contributed by atoms with Crippen molar-refractivity contribution in [2.75, 3.05) is 0 Å². The SMILES string of the molecule is Cc1cccc(OC(C)(C)C(=O)N[C@@H](C)c2ncnn2C)c1. The molecule has 6 nitrogen and oxygen atoms in total. The molecule has 0 unspecified atom stereocenters. The summed E-state index contributed by atoms with van der Waals surface area (Å²) >= 11 is 0. The summed E-state index contributed by atoms with van der Waals surface area (Å²) in [5.41, 5.74) is 0.0989. The molecule has 118 valence electrons. The number of rotatable bonds is 5. The van der Waals surface area contributed by atoms with Crippen molar-refractivity contribution in [3.05, 3.63) is 42.0 Å². The lowest BCUT2D eigenvalue weighted by Gasteiger charge is -2.27. The molecule has 22 heavy (non-hydrogen) atoms. The fourth-order valence-electron chi connectivity index (χ4n) is 2.15. The molecule has 0 saturated heterocycles. The number of carbonyl (C=O) groups excluding carboxylic acids is 1. The molecule has 1 atom stereocenters. The molecule has 0 aliphatic rings. The second kappa shape index (κ2) is 6.17.